The minimum atomic E-state index is -2.45. The topological polar surface area (TPSA) is 46.6 Å². The van der Waals surface area contributed by atoms with Crippen molar-refractivity contribution < 1.29 is 23.1 Å². The molecule has 0 heterocycles. The standard InChI is InChI=1S/C17H17F2NO3/c1-12(16(22)23-2)20(15(21)13-7-4-3-5-8-13)17(19)10-6-9-14(18)11-17/h3-10,12H,11H2,1-2H3. The van der Waals surface area contributed by atoms with Crippen molar-refractivity contribution in [3.63, 3.8) is 0 Å². The van der Waals surface area contributed by atoms with Crippen molar-refractivity contribution in [2.45, 2.75) is 25.2 Å². The SMILES string of the molecule is COC(=O)C(C)N(C(=O)c1ccccc1)C1(F)C=CC=C(F)C1. The van der Waals surface area contributed by atoms with E-state index in [0.29, 0.717) is 0 Å². The van der Waals surface area contributed by atoms with Gasteiger partial charge in [-0.15, -0.1) is 0 Å². The maximum atomic E-state index is 15.3. The first-order valence-electron chi connectivity index (χ1n) is 7.08. The normalized spacial score (nSPS) is 21.3. The van der Waals surface area contributed by atoms with Gasteiger partial charge in [0.05, 0.1) is 13.5 Å². The Morgan fingerprint density at radius 3 is 2.52 bits per heavy atom. The maximum Gasteiger partial charge on any atom is 0.328 e. The Balaban J connectivity index is 2.44. The summed E-state index contributed by atoms with van der Waals surface area (Å²) in [5.74, 6) is -4.66. The maximum absolute atomic E-state index is 15.3. The summed E-state index contributed by atoms with van der Waals surface area (Å²) in [6.07, 6.45) is 2.72. The molecule has 0 bridgehead atoms. The molecule has 1 aromatic rings. The predicted octanol–water partition coefficient (Wildman–Crippen LogP) is 3.17. The highest BCUT2D eigenvalue weighted by atomic mass is 19.2. The van der Waals surface area contributed by atoms with E-state index in [2.05, 4.69) is 4.74 Å². The quantitative estimate of drug-likeness (QED) is 0.632. The van der Waals surface area contributed by atoms with Crippen LogP contribution < -0.4 is 0 Å². The molecule has 0 aliphatic heterocycles. The molecule has 23 heavy (non-hydrogen) atoms. The van der Waals surface area contributed by atoms with E-state index in [1.807, 2.05) is 0 Å². The third-order valence-electron chi connectivity index (χ3n) is 3.62. The highest BCUT2D eigenvalue weighted by Gasteiger charge is 2.45. The summed E-state index contributed by atoms with van der Waals surface area (Å²) < 4.78 is 33.5. The van der Waals surface area contributed by atoms with Gasteiger partial charge in [-0.2, -0.15) is 0 Å². The number of rotatable bonds is 4. The molecule has 0 radical (unpaired) electrons. The van der Waals surface area contributed by atoms with Gasteiger partial charge in [0.1, 0.15) is 11.9 Å². The third-order valence-corrected chi connectivity index (χ3v) is 3.62. The van der Waals surface area contributed by atoms with Gasteiger partial charge in [-0.05, 0) is 31.2 Å². The molecule has 2 rings (SSSR count). The van der Waals surface area contributed by atoms with Gasteiger partial charge in [0.15, 0.2) is 0 Å². The van der Waals surface area contributed by atoms with Crippen LogP contribution in [0.1, 0.15) is 23.7 Å². The fourth-order valence-corrected chi connectivity index (χ4v) is 2.48. The van der Waals surface area contributed by atoms with E-state index < -0.39 is 36.0 Å². The van der Waals surface area contributed by atoms with Crippen LogP contribution in [0.2, 0.25) is 0 Å². The van der Waals surface area contributed by atoms with Crippen LogP contribution in [0.4, 0.5) is 8.78 Å². The molecule has 0 saturated heterocycles. The molecular formula is C17H17F2NO3. The number of allylic oxidation sites excluding steroid dienone is 2. The van der Waals surface area contributed by atoms with Crippen LogP contribution in [0.15, 0.2) is 54.4 Å². The lowest BCUT2D eigenvalue weighted by Gasteiger charge is -2.39. The number of esters is 1. The molecule has 122 valence electrons. The number of halogens is 2. The fraction of sp³-hybridized carbons (Fsp3) is 0.294. The van der Waals surface area contributed by atoms with E-state index in [1.165, 1.54) is 25.1 Å². The summed E-state index contributed by atoms with van der Waals surface area (Å²) in [6, 6.07) is 6.74. The van der Waals surface area contributed by atoms with Gasteiger partial charge in [0.2, 0.25) is 5.79 Å². The first-order chi connectivity index (χ1) is 10.9. The molecule has 2 atom stereocenters. The number of amides is 1. The Hall–Kier alpha value is -2.50. The van der Waals surface area contributed by atoms with E-state index in [9.17, 15) is 14.0 Å². The summed E-state index contributed by atoms with van der Waals surface area (Å²) in [7, 11) is 1.14. The van der Waals surface area contributed by atoms with Gasteiger partial charge in [-0.1, -0.05) is 24.3 Å². The lowest BCUT2D eigenvalue weighted by Crippen LogP contribution is -2.55. The van der Waals surface area contributed by atoms with Gasteiger partial charge in [-0.3, -0.25) is 9.69 Å². The van der Waals surface area contributed by atoms with Crippen molar-refractivity contribution >= 4 is 11.9 Å². The number of carbonyl (C=O) groups is 2. The van der Waals surface area contributed by atoms with Gasteiger partial charge >= 0.3 is 5.97 Å². The molecule has 6 heteroatoms. The van der Waals surface area contributed by atoms with Gasteiger partial charge < -0.3 is 4.74 Å². The Labute approximate surface area is 133 Å². The monoisotopic (exact) mass is 321 g/mol. The van der Waals surface area contributed by atoms with Crippen LogP contribution in [-0.2, 0) is 9.53 Å². The van der Waals surface area contributed by atoms with Crippen LogP contribution >= 0.6 is 0 Å². The molecule has 0 N–H and O–H groups in total. The van der Waals surface area contributed by atoms with Gasteiger partial charge in [0.25, 0.3) is 5.91 Å². The molecule has 1 aliphatic rings. The summed E-state index contributed by atoms with van der Waals surface area (Å²) in [4.78, 5) is 25.3. The molecule has 1 amide bonds. The lowest BCUT2D eigenvalue weighted by molar-refractivity contribution is -0.149. The molecule has 2 unspecified atom stereocenters. The Morgan fingerprint density at radius 1 is 1.30 bits per heavy atom. The minimum Gasteiger partial charge on any atom is -0.467 e. The summed E-state index contributed by atoms with van der Waals surface area (Å²) in [6.45, 7) is 1.35. The van der Waals surface area contributed by atoms with Gasteiger partial charge in [0, 0.05) is 5.56 Å². The lowest BCUT2D eigenvalue weighted by atomic mass is 9.99. The average molecular weight is 321 g/mol. The van der Waals surface area contributed by atoms with E-state index in [4.69, 9.17) is 0 Å². The van der Waals surface area contributed by atoms with Crippen molar-refractivity contribution in [1.82, 2.24) is 4.90 Å². The zero-order valence-electron chi connectivity index (χ0n) is 12.8. The molecule has 0 spiro atoms. The predicted molar refractivity (Wildman–Crippen MR) is 80.9 cm³/mol. The van der Waals surface area contributed by atoms with E-state index in [0.717, 1.165) is 24.2 Å². The highest BCUT2D eigenvalue weighted by molar-refractivity contribution is 5.97. The molecular weight excluding hydrogens is 304 g/mol. The summed E-state index contributed by atoms with van der Waals surface area (Å²) in [5, 5.41) is 0. The number of ether oxygens (including phenoxy) is 1. The number of nitrogens with zero attached hydrogens (tertiary/aromatic N) is 1. The number of benzene rings is 1. The van der Waals surface area contributed by atoms with Crippen LogP contribution in [-0.4, -0.2) is 35.7 Å². The molecule has 0 fully saturated rings. The Kier molecular flexibility index (Phi) is 4.93. The minimum absolute atomic E-state index is 0.198. The second-order valence-corrected chi connectivity index (χ2v) is 5.21. The van der Waals surface area contributed by atoms with E-state index in [1.54, 1.807) is 18.2 Å². The zero-order valence-corrected chi connectivity index (χ0v) is 12.8. The number of carbonyl (C=O) groups excluding carboxylic acids is 2. The van der Waals surface area contributed by atoms with Crippen molar-refractivity contribution in [1.29, 1.82) is 0 Å². The summed E-state index contributed by atoms with van der Waals surface area (Å²) >= 11 is 0. The number of hydrogen-bond donors (Lipinski definition) is 0. The smallest absolute Gasteiger partial charge is 0.328 e. The van der Waals surface area contributed by atoms with Crippen molar-refractivity contribution in [3.8, 4) is 0 Å². The largest absolute Gasteiger partial charge is 0.467 e. The Morgan fingerprint density at radius 2 is 1.96 bits per heavy atom. The fourth-order valence-electron chi connectivity index (χ4n) is 2.48. The molecule has 1 aliphatic carbocycles. The van der Waals surface area contributed by atoms with Crippen LogP contribution in [0, 0.1) is 0 Å². The molecule has 0 aromatic heterocycles. The van der Waals surface area contributed by atoms with Crippen molar-refractivity contribution in [3.05, 3.63) is 60.0 Å². The average Bonchev–Trinajstić information content (AvgIpc) is 2.54. The van der Waals surface area contributed by atoms with E-state index >= 15 is 4.39 Å². The number of hydrogen-bond acceptors (Lipinski definition) is 3. The number of methoxy groups -OCH3 is 1. The van der Waals surface area contributed by atoms with Crippen molar-refractivity contribution in [2.24, 2.45) is 0 Å². The molecule has 0 saturated carbocycles. The first kappa shape index (κ1) is 16.9. The van der Waals surface area contributed by atoms with E-state index in [-0.39, 0.29) is 5.56 Å². The highest BCUT2D eigenvalue weighted by Crippen LogP contribution is 2.34. The van der Waals surface area contributed by atoms with Crippen LogP contribution in [0.25, 0.3) is 0 Å². The van der Waals surface area contributed by atoms with Gasteiger partial charge in [-0.25, -0.2) is 13.6 Å². The Bertz CT molecular complexity index is 657. The van der Waals surface area contributed by atoms with Crippen LogP contribution in [0.3, 0.4) is 0 Å². The number of alkyl halides is 1. The first-order valence-corrected chi connectivity index (χ1v) is 7.08. The third kappa shape index (κ3) is 3.47. The second kappa shape index (κ2) is 6.73. The zero-order chi connectivity index (χ0) is 17.0. The van der Waals surface area contributed by atoms with Crippen molar-refractivity contribution in [2.75, 3.05) is 7.11 Å². The molecule has 1 aromatic carbocycles. The second-order valence-electron chi connectivity index (χ2n) is 5.21. The summed E-state index contributed by atoms with van der Waals surface area (Å²) in [5.41, 5.74) is 0.198. The molecule has 4 nitrogen and oxygen atoms in total. The van der Waals surface area contributed by atoms with Crippen LogP contribution in [0.5, 0.6) is 0 Å².